The van der Waals surface area contributed by atoms with Gasteiger partial charge in [0.2, 0.25) is 0 Å². The third-order valence-electron chi connectivity index (χ3n) is 4.93. The molecule has 6 heteroatoms. The summed E-state index contributed by atoms with van der Waals surface area (Å²) < 4.78 is 20.4. The third-order valence-corrected chi connectivity index (χ3v) is 5.60. The van der Waals surface area contributed by atoms with Crippen LogP contribution in [0.4, 0.5) is 15.8 Å². The van der Waals surface area contributed by atoms with Crippen LogP contribution >= 0.6 is 15.9 Å². The number of para-hydroxylation sites is 2. The van der Waals surface area contributed by atoms with Crippen molar-refractivity contribution in [3.8, 4) is 5.75 Å². The molecule has 0 bridgehead atoms. The van der Waals surface area contributed by atoms with Crippen LogP contribution in [0.2, 0.25) is 0 Å². The molecule has 27 heavy (non-hydrogen) atoms. The number of amides is 1. The average molecular weight is 425 g/mol. The lowest BCUT2D eigenvalue weighted by atomic mass is 9.99. The second-order valence-electron chi connectivity index (χ2n) is 6.44. The zero-order chi connectivity index (χ0) is 18.5. The smallest absolute Gasteiger partial charge is 0.262 e. The molecule has 0 N–H and O–H groups in total. The molecule has 134 valence electrons. The zero-order valence-corrected chi connectivity index (χ0v) is 15.7. The highest BCUT2D eigenvalue weighted by molar-refractivity contribution is 9.10. The van der Waals surface area contributed by atoms with Crippen molar-refractivity contribution in [1.82, 2.24) is 0 Å². The van der Waals surface area contributed by atoms with Gasteiger partial charge < -0.3 is 9.64 Å². The molecule has 0 saturated heterocycles. The van der Waals surface area contributed by atoms with Gasteiger partial charge in [0.05, 0.1) is 16.9 Å². The van der Waals surface area contributed by atoms with Crippen LogP contribution in [0.15, 0.2) is 71.2 Å². The molecule has 0 saturated carbocycles. The summed E-state index contributed by atoms with van der Waals surface area (Å²) in [5.41, 5.74) is 2.93. The number of anilines is 2. The second-order valence-corrected chi connectivity index (χ2v) is 7.30. The van der Waals surface area contributed by atoms with Gasteiger partial charge in [0.25, 0.3) is 5.91 Å². The number of ether oxygens (including phenoxy) is 1. The summed E-state index contributed by atoms with van der Waals surface area (Å²) in [6.07, 6.45) is -0.421. The maximum atomic E-state index is 13.7. The van der Waals surface area contributed by atoms with Gasteiger partial charge in [0.1, 0.15) is 17.7 Å². The zero-order valence-electron chi connectivity index (χ0n) is 14.1. The van der Waals surface area contributed by atoms with Crippen molar-refractivity contribution in [2.75, 3.05) is 16.5 Å². The molecule has 1 atom stereocenters. The molecule has 3 aromatic rings. The Kier molecular flexibility index (Phi) is 3.68. The molecule has 2 aliphatic rings. The number of hydrogen-bond donors (Lipinski definition) is 0. The first-order chi connectivity index (χ1) is 13.1. The van der Waals surface area contributed by atoms with E-state index in [9.17, 15) is 9.18 Å². The van der Waals surface area contributed by atoms with Gasteiger partial charge >= 0.3 is 0 Å². The Morgan fingerprint density at radius 1 is 1.00 bits per heavy atom. The monoisotopic (exact) mass is 424 g/mol. The van der Waals surface area contributed by atoms with Crippen molar-refractivity contribution in [1.29, 1.82) is 0 Å². The van der Waals surface area contributed by atoms with Crippen LogP contribution in [0.3, 0.4) is 0 Å². The highest BCUT2D eigenvalue weighted by Crippen LogP contribution is 2.47. The van der Waals surface area contributed by atoms with Crippen molar-refractivity contribution >= 4 is 33.2 Å². The lowest BCUT2D eigenvalue weighted by Crippen LogP contribution is -2.53. The lowest BCUT2D eigenvalue weighted by Gasteiger charge is -2.48. The standard InChI is InChI=1S/C21H14BrFN2O2/c22-16-6-2-4-8-18(16)25-20-15-10-9-13(23)11-19(15)27-12-24(20)17-7-3-1-5-14(17)21(25)26/h1-11,20H,12H2. The molecule has 5 rings (SSSR count). The van der Waals surface area contributed by atoms with Gasteiger partial charge in [-0.05, 0) is 52.3 Å². The number of hydrogen-bond acceptors (Lipinski definition) is 3. The minimum atomic E-state index is -0.421. The highest BCUT2D eigenvalue weighted by Gasteiger charge is 2.43. The Labute approximate surface area is 163 Å². The van der Waals surface area contributed by atoms with Gasteiger partial charge in [-0.15, -0.1) is 0 Å². The van der Waals surface area contributed by atoms with E-state index in [1.165, 1.54) is 12.1 Å². The fourth-order valence-electron chi connectivity index (χ4n) is 3.74. The SMILES string of the molecule is O=C1c2ccccc2N2COc3cc(F)ccc3C2N1c1ccccc1Br. The van der Waals surface area contributed by atoms with E-state index in [0.29, 0.717) is 11.3 Å². The molecule has 0 aromatic heterocycles. The number of halogens is 2. The molecule has 0 fully saturated rings. The quantitative estimate of drug-likeness (QED) is 0.544. The van der Waals surface area contributed by atoms with Gasteiger partial charge in [-0.3, -0.25) is 9.69 Å². The fourth-order valence-corrected chi connectivity index (χ4v) is 4.21. The van der Waals surface area contributed by atoms with E-state index in [1.807, 2.05) is 53.4 Å². The summed E-state index contributed by atoms with van der Waals surface area (Å²) >= 11 is 3.56. The summed E-state index contributed by atoms with van der Waals surface area (Å²) in [6.45, 7) is 0.229. The molecule has 0 radical (unpaired) electrons. The molecule has 4 nitrogen and oxygen atoms in total. The van der Waals surface area contributed by atoms with Crippen molar-refractivity contribution in [3.63, 3.8) is 0 Å². The predicted octanol–water partition coefficient (Wildman–Crippen LogP) is 5.10. The van der Waals surface area contributed by atoms with Gasteiger partial charge in [-0.2, -0.15) is 0 Å². The van der Waals surface area contributed by atoms with Gasteiger partial charge in [0, 0.05) is 16.1 Å². The van der Waals surface area contributed by atoms with Crippen molar-refractivity contribution < 1.29 is 13.9 Å². The first-order valence-electron chi connectivity index (χ1n) is 8.51. The van der Waals surface area contributed by atoms with Crippen LogP contribution < -0.4 is 14.5 Å². The number of nitrogens with zero attached hydrogens (tertiary/aromatic N) is 2. The minimum Gasteiger partial charge on any atom is -0.472 e. The van der Waals surface area contributed by atoms with E-state index < -0.39 is 6.17 Å². The number of carbonyl (C=O) groups is 1. The first-order valence-corrected chi connectivity index (χ1v) is 9.30. The van der Waals surface area contributed by atoms with Crippen LogP contribution in [0.5, 0.6) is 5.75 Å². The summed E-state index contributed by atoms with van der Waals surface area (Å²) in [5, 5.41) is 0. The summed E-state index contributed by atoms with van der Waals surface area (Å²) in [5.74, 6) is -0.00594. The predicted molar refractivity (Wildman–Crippen MR) is 105 cm³/mol. The molecule has 2 heterocycles. The van der Waals surface area contributed by atoms with E-state index in [0.717, 1.165) is 21.4 Å². The van der Waals surface area contributed by atoms with E-state index in [1.54, 1.807) is 11.0 Å². The molecule has 0 aliphatic carbocycles. The summed E-state index contributed by atoms with van der Waals surface area (Å²) in [4.78, 5) is 17.2. The number of benzene rings is 3. The Morgan fingerprint density at radius 3 is 2.56 bits per heavy atom. The number of rotatable bonds is 1. The third kappa shape index (κ3) is 2.44. The van der Waals surface area contributed by atoms with Crippen LogP contribution in [0.1, 0.15) is 22.1 Å². The number of fused-ring (bicyclic) bond motifs is 5. The largest absolute Gasteiger partial charge is 0.472 e. The van der Waals surface area contributed by atoms with Crippen molar-refractivity contribution in [3.05, 3.63) is 88.1 Å². The van der Waals surface area contributed by atoms with Gasteiger partial charge in [-0.25, -0.2) is 4.39 Å². The first kappa shape index (κ1) is 16.3. The van der Waals surface area contributed by atoms with E-state index in [4.69, 9.17) is 4.74 Å². The normalized spacial score (nSPS) is 17.7. The van der Waals surface area contributed by atoms with Crippen molar-refractivity contribution in [2.45, 2.75) is 6.17 Å². The van der Waals surface area contributed by atoms with Crippen LogP contribution in [-0.4, -0.2) is 12.6 Å². The molecule has 1 unspecified atom stereocenters. The van der Waals surface area contributed by atoms with E-state index >= 15 is 0 Å². The Morgan fingerprint density at radius 2 is 1.74 bits per heavy atom. The van der Waals surface area contributed by atoms with E-state index in [-0.39, 0.29) is 18.5 Å². The summed E-state index contributed by atoms with van der Waals surface area (Å²) in [6, 6.07) is 19.5. The molecule has 2 aliphatic heterocycles. The lowest BCUT2D eigenvalue weighted by molar-refractivity contribution is 0.0959. The molecular weight excluding hydrogens is 411 g/mol. The molecule has 3 aromatic carbocycles. The van der Waals surface area contributed by atoms with Crippen LogP contribution in [0.25, 0.3) is 0 Å². The minimum absolute atomic E-state index is 0.101. The van der Waals surface area contributed by atoms with E-state index in [2.05, 4.69) is 15.9 Å². The Bertz CT molecular complexity index is 1070. The van der Waals surface area contributed by atoms with Crippen LogP contribution in [-0.2, 0) is 0 Å². The Hall–Kier alpha value is -2.86. The second kappa shape index (κ2) is 6.09. The van der Waals surface area contributed by atoms with Crippen LogP contribution in [0, 0.1) is 5.82 Å². The molecule has 0 spiro atoms. The van der Waals surface area contributed by atoms with Crippen molar-refractivity contribution in [2.24, 2.45) is 0 Å². The number of carbonyl (C=O) groups excluding carboxylic acids is 1. The molecule has 1 amide bonds. The van der Waals surface area contributed by atoms with Gasteiger partial charge in [-0.1, -0.05) is 24.3 Å². The average Bonchev–Trinajstić information content (AvgIpc) is 2.69. The van der Waals surface area contributed by atoms with Gasteiger partial charge in [0.15, 0.2) is 6.73 Å². The summed E-state index contributed by atoms with van der Waals surface area (Å²) in [7, 11) is 0. The Balaban J connectivity index is 1.78. The topological polar surface area (TPSA) is 32.8 Å². The highest BCUT2D eigenvalue weighted by atomic mass is 79.9. The maximum absolute atomic E-state index is 13.7. The molecular formula is C21H14BrFN2O2. The maximum Gasteiger partial charge on any atom is 0.262 e. The fraction of sp³-hybridized carbons (Fsp3) is 0.0952.